The van der Waals surface area contributed by atoms with Crippen LogP contribution >= 0.6 is 0 Å². The molecule has 100 valence electrons. The van der Waals surface area contributed by atoms with E-state index >= 15 is 0 Å². The lowest BCUT2D eigenvalue weighted by Gasteiger charge is -2.12. The van der Waals surface area contributed by atoms with E-state index in [9.17, 15) is 4.79 Å². The van der Waals surface area contributed by atoms with Gasteiger partial charge < -0.3 is 10.3 Å². The highest BCUT2D eigenvalue weighted by Crippen LogP contribution is 2.18. The van der Waals surface area contributed by atoms with Crippen molar-refractivity contribution in [2.24, 2.45) is 0 Å². The summed E-state index contributed by atoms with van der Waals surface area (Å²) < 4.78 is 0. The topological polar surface area (TPSA) is 44.9 Å². The monoisotopic (exact) mass is 256 g/mol. The zero-order valence-electron chi connectivity index (χ0n) is 11.3. The lowest BCUT2D eigenvalue weighted by atomic mass is 10.1. The Hall–Kier alpha value is -1.61. The van der Waals surface area contributed by atoms with Crippen LogP contribution in [0.4, 0.5) is 0 Å². The second-order valence-corrected chi connectivity index (χ2v) is 5.53. The third-order valence-corrected chi connectivity index (χ3v) is 4.10. The molecular formula is C16H20N2O. The van der Waals surface area contributed by atoms with E-state index in [-0.39, 0.29) is 5.56 Å². The van der Waals surface area contributed by atoms with Crippen LogP contribution in [0.3, 0.4) is 0 Å². The zero-order valence-corrected chi connectivity index (χ0v) is 11.3. The predicted octanol–water partition coefficient (Wildman–Crippen LogP) is 2.87. The molecule has 0 unspecified atom stereocenters. The molecule has 19 heavy (non-hydrogen) atoms. The number of para-hydroxylation sites is 1. The summed E-state index contributed by atoms with van der Waals surface area (Å²) in [5.41, 5.74) is 2.94. The second-order valence-electron chi connectivity index (χ2n) is 5.53. The summed E-state index contributed by atoms with van der Waals surface area (Å²) >= 11 is 0. The minimum absolute atomic E-state index is 0.0345. The second kappa shape index (κ2) is 5.17. The largest absolute Gasteiger partial charge is 0.321 e. The Morgan fingerprint density at radius 1 is 1.32 bits per heavy atom. The van der Waals surface area contributed by atoms with Gasteiger partial charge in [-0.2, -0.15) is 0 Å². The summed E-state index contributed by atoms with van der Waals surface area (Å²) in [4.78, 5) is 15.1. The number of aromatic nitrogens is 1. The number of fused-ring (bicyclic) bond motifs is 1. The minimum Gasteiger partial charge on any atom is -0.321 e. The van der Waals surface area contributed by atoms with Gasteiger partial charge in [0, 0.05) is 18.2 Å². The van der Waals surface area contributed by atoms with Crippen molar-refractivity contribution in [2.75, 3.05) is 0 Å². The molecule has 0 saturated heterocycles. The van der Waals surface area contributed by atoms with Crippen molar-refractivity contribution in [3.8, 4) is 0 Å². The van der Waals surface area contributed by atoms with Crippen LogP contribution < -0.4 is 10.9 Å². The molecule has 0 radical (unpaired) electrons. The predicted molar refractivity (Wildman–Crippen MR) is 78.4 cm³/mol. The number of aryl methyl sites for hydroxylation is 1. The highest BCUT2D eigenvalue weighted by atomic mass is 16.1. The SMILES string of the molecule is Cc1cccc2cc(CNC3CCCC3)c(=O)[nH]c12. The molecular weight excluding hydrogens is 236 g/mol. The Balaban J connectivity index is 1.87. The van der Waals surface area contributed by atoms with Gasteiger partial charge >= 0.3 is 0 Å². The summed E-state index contributed by atoms with van der Waals surface area (Å²) in [7, 11) is 0. The lowest BCUT2D eigenvalue weighted by Crippen LogP contribution is -2.28. The Morgan fingerprint density at radius 3 is 2.89 bits per heavy atom. The van der Waals surface area contributed by atoms with E-state index in [4.69, 9.17) is 0 Å². The van der Waals surface area contributed by atoms with Crippen molar-refractivity contribution in [3.63, 3.8) is 0 Å². The number of rotatable bonds is 3. The third kappa shape index (κ3) is 2.56. The van der Waals surface area contributed by atoms with Gasteiger partial charge in [0.2, 0.25) is 0 Å². The van der Waals surface area contributed by atoms with E-state index in [1.54, 1.807) is 0 Å². The first-order valence-electron chi connectivity index (χ1n) is 7.09. The van der Waals surface area contributed by atoms with E-state index in [2.05, 4.69) is 16.4 Å². The number of pyridine rings is 1. The molecule has 0 aliphatic heterocycles. The number of aromatic amines is 1. The highest BCUT2D eigenvalue weighted by molar-refractivity contribution is 5.81. The van der Waals surface area contributed by atoms with E-state index in [0.717, 1.165) is 22.0 Å². The van der Waals surface area contributed by atoms with Crippen LogP contribution in [0, 0.1) is 6.92 Å². The zero-order chi connectivity index (χ0) is 13.2. The van der Waals surface area contributed by atoms with Crippen LogP contribution in [0.15, 0.2) is 29.1 Å². The van der Waals surface area contributed by atoms with Crippen molar-refractivity contribution < 1.29 is 0 Å². The van der Waals surface area contributed by atoms with Gasteiger partial charge in [-0.25, -0.2) is 0 Å². The molecule has 0 amide bonds. The van der Waals surface area contributed by atoms with E-state index in [0.29, 0.717) is 12.6 Å². The van der Waals surface area contributed by atoms with Gasteiger partial charge in [0.25, 0.3) is 5.56 Å². The fraction of sp³-hybridized carbons (Fsp3) is 0.438. The molecule has 0 atom stereocenters. The summed E-state index contributed by atoms with van der Waals surface area (Å²) in [5.74, 6) is 0. The number of H-pyrrole nitrogens is 1. The van der Waals surface area contributed by atoms with Crippen molar-refractivity contribution in [1.29, 1.82) is 0 Å². The van der Waals surface area contributed by atoms with E-state index < -0.39 is 0 Å². The molecule has 1 aliphatic rings. The standard InChI is InChI=1S/C16H20N2O/c1-11-5-4-6-12-9-13(16(19)18-15(11)12)10-17-14-7-2-3-8-14/h4-6,9,14,17H,2-3,7-8,10H2,1H3,(H,18,19). The lowest BCUT2D eigenvalue weighted by molar-refractivity contribution is 0.523. The molecule has 3 heteroatoms. The van der Waals surface area contributed by atoms with Crippen LogP contribution in [0.25, 0.3) is 10.9 Å². The molecule has 1 aromatic carbocycles. The molecule has 1 saturated carbocycles. The molecule has 1 aromatic heterocycles. The molecule has 1 fully saturated rings. The number of hydrogen-bond donors (Lipinski definition) is 2. The van der Waals surface area contributed by atoms with Gasteiger partial charge in [-0.1, -0.05) is 31.0 Å². The molecule has 2 aromatic rings. The fourth-order valence-electron chi connectivity index (χ4n) is 2.94. The van der Waals surface area contributed by atoms with Crippen LogP contribution in [-0.2, 0) is 6.54 Å². The average molecular weight is 256 g/mol. The number of nitrogens with one attached hydrogen (secondary N) is 2. The van der Waals surface area contributed by atoms with Crippen molar-refractivity contribution >= 4 is 10.9 Å². The normalized spacial score (nSPS) is 16.3. The van der Waals surface area contributed by atoms with E-state index in [1.165, 1.54) is 25.7 Å². The number of benzene rings is 1. The summed E-state index contributed by atoms with van der Waals surface area (Å²) in [6, 6.07) is 8.71. The summed E-state index contributed by atoms with van der Waals surface area (Å²) in [6.07, 6.45) is 5.10. The Morgan fingerprint density at radius 2 is 2.11 bits per heavy atom. The minimum atomic E-state index is 0.0345. The molecule has 0 spiro atoms. The molecule has 3 nitrogen and oxygen atoms in total. The van der Waals surface area contributed by atoms with Gasteiger partial charge in [-0.15, -0.1) is 0 Å². The summed E-state index contributed by atoms with van der Waals surface area (Å²) in [5, 5.41) is 4.61. The van der Waals surface area contributed by atoms with Gasteiger partial charge in [0.15, 0.2) is 0 Å². The van der Waals surface area contributed by atoms with Gasteiger partial charge in [0.05, 0.1) is 5.52 Å². The summed E-state index contributed by atoms with van der Waals surface area (Å²) in [6.45, 7) is 2.69. The maximum absolute atomic E-state index is 12.1. The Labute approximate surface area is 113 Å². The molecule has 3 rings (SSSR count). The van der Waals surface area contributed by atoms with Crippen LogP contribution in [-0.4, -0.2) is 11.0 Å². The maximum Gasteiger partial charge on any atom is 0.252 e. The van der Waals surface area contributed by atoms with Crippen LogP contribution in [0.2, 0.25) is 0 Å². The highest BCUT2D eigenvalue weighted by Gasteiger charge is 2.14. The first kappa shape index (κ1) is 12.4. The van der Waals surface area contributed by atoms with Gasteiger partial charge in [-0.3, -0.25) is 4.79 Å². The Kier molecular flexibility index (Phi) is 3.38. The third-order valence-electron chi connectivity index (χ3n) is 4.10. The molecule has 2 N–H and O–H groups in total. The van der Waals surface area contributed by atoms with Crippen LogP contribution in [0.5, 0.6) is 0 Å². The quantitative estimate of drug-likeness (QED) is 0.887. The van der Waals surface area contributed by atoms with Crippen LogP contribution in [0.1, 0.15) is 36.8 Å². The van der Waals surface area contributed by atoms with Gasteiger partial charge in [-0.05, 0) is 36.8 Å². The fourth-order valence-corrected chi connectivity index (χ4v) is 2.94. The molecule has 1 heterocycles. The van der Waals surface area contributed by atoms with Crippen molar-refractivity contribution in [3.05, 3.63) is 45.7 Å². The smallest absolute Gasteiger partial charge is 0.252 e. The Bertz CT molecular complexity index is 639. The first-order chi connectivity index (χ1) is 9.24. The van der Waals surface area contributed by atoms with Crippen molar-refractivity contribution in [1.82, 2.24) is 10.3 Å². The van der Waals surface area contributed by atoms with Gasteiger partial charge in [0.1, 0.15) is 0 Å². The molecule has 1 aliphatic carbocycles. The van der Waals surface area contributed by atoms with E-state index in [1.807, 2.05) is 25.1 Å². The average Bonchev–Trinajstić information content (AvgIpc) is 2.91. The molecule has 0 bridgehead atoms. The maximum atomic E-state index is 12.1. The van der Waals surface area contributed by atoms with Crippen molar-refractivity contribution in [2.45, 2.75) is 45.2 Å². The number of hydrogen-bond acceptors (Lipinski definition) is 2. The first-order valence-corrected chi connectivity index (χ1v) is 7.09.